The number of nitrogens with one attached hydrogen (secondary N) is 1. The highest BCUT2D eigenvalue weighted by atomic mass is 32.2. The zero-order chi connectivity index (χ0) is 26.3. The number of carbonyl (C=O) groups is 3. The number of nitrogens with zero attached hydrogens (tertiary/aromatic N) is 5. The van der Waals surface area contributed by atoms with Crippen molar-refractivity contribution in [2.45, 2.75) is 18.3 Å². The van der Waals surface area contributed by atoms with Crippen LogP contribution in [-0.2, 0) is 26.3 Å². The van der Waals surface area contributed by atoms with Crippen LogP contribution in [0, 0.1) is 0 Å². The van der Waals surface area contributed by atoms with E-state index in [0.29, 0.717) is 11.3 Å². The molecule has 2 aliphatic heterocycles. The molecule has 0 bridgehead atoms. The minimum Gasteiger partial charge on any atom is -0.477 e. The number of fused-ring (bicyclic) bond motifs is 2. The Morgan fingerprint density at radius 3 is 2.89 bits per heavy atom. The first-order valence-electron chi connectivity index (χ1n) is 11.0. The van der Waals surface area contributed by atoms with Crippen molar-refractivity contribution < 1.29 is 28.9 Å². The third kappa shape index (κ3) is 4.60. The molecule has 0 radical (unpaired) electrons. The number of carbonyl (C=O) groups excluding carboxylic acids is 2. The van der Waals surface area contributed by atoms with E-state index in [9.17, 15) is 19.5 Å². The number of rotatable bonds is 8. The molecule has 5 rings (SSSR count). The average molecular weight is 561 g/mol. The van der Waals surface area contributed by atoms with Gasteiger partial charge in [-0.3, -0.25) is 14.5 Å². The van der Waals surface area contributed by atoms with Crippen LogP contribution in [0.4, 0.5) is 5.13 Å². The van der Waals surface area contributed by atoms with Gasteiger partial charge >= 0.3 is 5.97 Å². The number of anilines is 1. The number of amides is 2. The van der Waals surface area contributed by atoms with Gasteiger partial charge < -0.3 is 21.0 Å². The molecular formula is C22H22N7O5S3+. The molecule has 192 valence electrons. The Labute approximate surface area is 222 Å². The summed E-state index contributed by atoms with van der Waals surface area (Å²) in [4.78, 5) is 49.6. The van der Waals surface area contributed by atoms with Gasteiger partial charge in [-0.25, -0.2) is 14.3 Å². The van der Waals surface area contributed by atoms with Gasteiger partial charge in [0.05, 0.1) is 7.05 Å². The molecule has 15 heteroatoms. The minimum atomic E-state index is -1.21. The molecule has 2 atom stereocenters. The van der Waals surface area contributed by atoms with Crippen LogP contribution >= 0.6 is 34.4 Å². The Bertz CT molecular complexity index is 1500. The predicted octanol–water partition coefficient (Wildman–Crippen LogP) is 1.06. The van der Waals surface area contributed by atoms with Crippen LogP contribution in [0.1, 0.15) is 18.3 Å². The van der Waals surface area contributed by atoms with Crippen molar-refractivity contribution in [3.05, 3.63) is 52.0 Å². The van der Waals surface area contributed by atoms with Crippen LogP contribution in [0.5, 0.6) is 0 Å². The van der Waals surface area contributed by atoms with Gasteiger partial charge in [0.2, 0.25) is 11.2 Å². The normalized spacial score (nSPS) is 19.9. The molecule has 5 heterocycles. The van der Waals surface area contributed by atoms with Gasteiger partial charge in [0, 0.05) is 16.5 Å². The molecule has 0 aliphatic carbocycles. The highest BCUT2D eigenvalue weighted by Crippen LogP contribution is 2.41. The zero-order valence-corrected chi connectivity index (χ0v) is 22.1. The number of hydrogen-bond donors (Lipinski definition) is 3. The summed E-state index contributed by atoms with van der Waals surface area (Å²) >= 11 is 4.09. The third-order valence-electron chi connectivity index (χ3n) is 5.63. The fourth-order valence-corrected chi connectivity index (χ4v) is 6.78. The second-order valence-corrected chi connectivity index (χ2v) is 11.0. The Balaban J connectivity index is 1.36. The first-order valence-corrected chi connectivity index (χ1v) is 13.9. The number of thioether (sulfide) groups is 1. The number of hydrogen-bond acceptors (Lipinski definition) is 10. The first-order chi connectivity index (χ1) is 17.8. The number of allylic oxidation sites excluding steroid dienone is 1. The van der Waals surface area contributed by atoms with E-state index in [-0.39, 0.29) is 28.8 Å². The van der Waals surface area contributed by atoms with Gasteiger partial charge in [0.15, 0.2) is 10.8 Å². The maximum absolute atomic E-state index is 13.0. The van der Waals surface area contributed by atoms with Crippen LogP contribution in [0.2, 0.25) is 0 Å². The summed E-state index contributed by atoms with van der Waals surface area (Å²) in [5.74, 6) is -2.03. The average Bonchev–Trinajstić information content (AvgIpc) is 3.56. The van der Waals surface area contributed by atoms with E-state index in [1.165, 1.54) is 16.7 Å². The number of carboxylic acids is 1. The van der Waals surface area contributed by atoms with Crippen LogP contribution in [0.25, 0.3) is 10.9 Å². The number of nitrogens with two attached hydrogens (primary N) is 1. The number of aliphatic carboxylic acids is 1. The first kappa shape index (κ1) is 25.0. The molecule has 3 aromatic heterocycles. The van der Waals surface area contributed by atoms with Crippen molar-refractivity contribution in [2.24, 2.45) is 12.2 Å². The SMILES string of the molecule is CCO/N=C(\C(=O)N[C@@H]1C(=O)N2C(C(=O)O)=C(C=Cc3csc4c[n+](C)cn34)CS[C@H]12)c1csc(N)n1. The fraction of sp³-hybridized carbons (Fsp3) is 0.273. The monoisotopic (exact) mass is 560 g/mol. The number of nitrogen functional groups attached to an aromatic ring is 1. The molecular weight excluding hydrogens is 538 g/mol. The summed E-state index contributed by atoms with van der Waals surface area (Å²) in [6, 6.07) is -0.920. The zero-order valence-electron chi connectivity index (χ0n) is 19.7. The number of thiazole rings is 2. The number of imidazole rings is 1. The molecule has 3 aromatic rings. The number of oxime groups is 1. The van der Waals surface area contributed by atoms with E-state index in [0.717, 1.165) is 21.9 Å². The summed E-state index contributed by atoms with van der Waals surface area (Å²) < 4.78 is 3.94. The Morgan fingerprint density at radius 1 is 1.38 bits per heavy atom. The van der Waals surface area contributed by atoms with Gasteiger partial charge in [0.25, 0.3) is 11.8 Å². The van der Waals surface area contributed by atoms with Gasteiger partial charge in [-0.1, -0.05) is 22.6 Å². The molecule has 0 aromatic carbocycles. The molecule has 1 fully saturated rings. The van der Waals surface area contributed by atoms with Gasteiger partial charge in [0.1, 0.15) is 41.3 Å². The van der Waals surface area contributed by atoms with Gasteiger partial charge in [-0.2, -0.15) is 4.40 Å². The van der Waals surface area contributed by atoms with Crippen molar-refractivity contribution in [1.29, 1.82) is 0 Å². The van der Waals surface area contributed by atoms with Gasteiger partial charge in [-0.15, -0.1) is 23.1 Å². The predicted molar refractivity (Wildman–Crippen MR) is 140 cm³/mol. The highest BCUT2D eigenvalue weighted by Gasteiger charge is 2.54. The number of β-lactam (4-membered cyclic amide) rings is 1. The lowest BCUT2D eigenvalue weighted by Gasteiger charge is -2.49. The summed E-state index contributed by atoms with van der Waals surface area (Å²) in [6.07, 6.45) is 7.49. The lowest BCUT2D eigenvalue weighted by atomic mass is 10.0. The number of carboxylic acid groups (broad SMARTS) is 1. The lowest BCUT2D eigenvalue weighted by molar-refractivity contribution is -0.669. The molecule has 0 unspecified atom stereocenters. The summed E-state index contributed by atoms with van der Waals surface area (Å²) in [7, 11) is 1.93. The Kier molecular flexibility index (Phi) is 6.74. The Morgan fingerprint density at radius 2 is 2.19 bits per heavy atom. The lowest BCUT2D eigenvalue weighted by Crippen LogP contribution is -2.71. The van der Waals surface area contributed by atoms with Crippen molar-refractivity contribution in [3.8, 4) is 0 Å². The van der Waals surface area contributed by atoms with E-state index in [1.54, 1.807) is 29.7 Å². The quantitative estimate of drug-likeness (QED) is 0.160. The molecule has 2 amide bonds. The van der Waals surface area contributed by atoms with E-state index >= 15 is 0 Å². The second kappa shape index (κ2) is 9.99. The molecule has 2 aliphatic rings. The third-order valence-corrected chi connectivity index (χ3v) is 8.51. The summed E-state index contributed by atoms with van der Waals surface area (Å²) in [5, 5.41) is 19.7. The van der Waals surface area contributed by atoms with E-state index in [1.807, 2.05) is 40.0 Å². The fourth-order valence-electron chi connectivity index (χ4n) is 3.98. The molecule has 37 heavy (non-hydrogen) atoms. The van der Waals surface area contributed by atoms with Crippen LogP contribution in [-0.4, -0.2) is 66.7 Å². The standard InChI is InChI=1S/C22H21N7O5S3/c1-3-34-26-15(13-9-37-22(23)24-13)18(30)25-16-19(31)29-17(21(32)33)11(7-36-20(16)29)4-5-12-8-35-14-6-27(2)10-28(12)14/h4-6,8-10,16,20H,3,7H2,1-2H3,(H3-,23,24,25,30,32,33)/p+1/b5-4?,26-15-/t16-,20-/m1/s1. The highest BCUT2D eigenvalue weighted by molar-refractivity contribution is 8.00. The smallest absolute Gasteiger partial charge is 0.352 e. The van der Waals surface area contributed by atoms with E-state index in [2.05, 4.69) is 15.5 Å². The minimum absolute atomic E-state index is 0.0875. The van der Waals surface area contributed by atoms with Crippen molar-refractivity contribution >= 4 is 74.0 Å². The van der Waals surface area contributed by atoms with E-state index < -0.39 is 29.2 Å². The van der Waals surface area contributed by atoms with Crippen molar-refractivity contribution in [2.75, 3.05) is 18.1 Å². The largest absolute Gasteiger partial charge is 0.477 e. The van der Waals surface area contributed by atoms with Crippen molar-refractivity contribution in [3.63, 3.8) is 0 Å². The molecule has 0 spiro atoms. The summed E-state index contributed by atoms with van der Waals surface area (Å²) in [5.41, 5.74) is 7.12. The van der Waals surface area contributed by atoms with Gasteiger partial charge in [-0.05, 0) is 18.6 Å². The Hall–Kier alpha value is -3.69. The second-order valence-electron chi connectivity index (χ2n) is 8.08. The van der Waals surface area contributed by atoms with Crippen LogP contribution in [0.3, 0.4) is 0 Å². The maximum atomic E-state index is 13.0. The van der Waals surface area contributed by atoms with E-state index in [4.69, 9.17) is 10.6 Å². The molecule has 0 saturated carbocycles. The molecule has 4 N–H and O–H groups in total. The maximum Gasteiger partial charge on any atom is 0.352 e. The molecule has 12 nitrogen and oxygen atoms in total. The summed E-state index contributed by atoms with van der Waals surface area (Å²) in [6.45, 7) is 1.94. The number of aromatic nitrogens is 3. The van der Waals surface area contributed by atoms with Crippen LogP contribution in [0.15, 0.2) is 45.8 Å². The van der Waals surface area contributed by atoms with Crippen molar-refractivity contribution in [1.82, 2.24) is 19.6 Å². The molecule has 1 saturated heterocycles. The van der Waals surface area contributed by atoms with Crippen LogP contribution < -0.4 is 15.6 Å². The number of aryl methyl sites for hydroxylation is 1. The topological polar surface area (TPSA) is 156 Å².